The van der Waals surface area contributed by atoms with Crippen molar-refractivity contribution in [2.75, 3.05) is 25.8 Å². The fraction of sp³-hybridized carbons (Fsp3) is 0.318. The van der Waals surface area contributed by atoms with E-state index in [0.717, 1.165) is 10.5 Å². The van der Waals surface area contributed by atoms with E-state index >= 15 is 0 Å². The highest BCUT2D eigenvalue weighted by atomic mass is 32.2. The Balaban J connectivity index is 1.55. The molecule has 0 saturated carbocycles. The van der Waals surface area contributed by atoms with Gasteiger partial charge in [-0.25, -0.2) is 0 Å². The third kappa shape index (κ3) is 3.63. The molecule has 8 heteroatoms. The lowest BCUT2D eigenvalue weighted by molar-refractivity contribution is -0.134. The second kappa shape index (κ2) is 8.39. The van der Waals surface area contributed by atoms with Crippen LogP contribution in [0.4, 0.5) is 0 Å². The predicted octanol–water partition coefficient (Wildman–Crippen LogP) is 2.79. The standard InChI is InChI=1S/C22H22N2O5S/c1-23(12-14-7-8-18-19(11-14)29-13-28-18)22(27)17(9-10-30-2)24-20(25)15-5-3-4-6-16(15)21(24)26/h3-8,11,17H,9-10,12-13H2,1-2H3. The lowest BCUT2D eigenvalue weighted by Gasteiger charge is -2.29. The van der Waals surface area contributed by atoms with Crippen LogP contribution in [0.25, 0.3) is 0 Å². The third-order valence-electron chi connectivity index (χ3n) is 5.25. The molecule has 30 heavy (non-hydrogen) atoms. The molecule has 3 amide bonds. The number of rotatable bonds is 7. The van der Waals surface area contributed by atoms with Gasteiger partial charge in [0.25, 0.3) is 11.8 Å². The van der Waals surface area contributed by atoms with Crippen LogP contribution in [0.5, 0.6) is 11.5 Å². The van der Waals surface area contributed by atoms with Crippen molar-refractivity contribution in [1.29, 1.82) is 0 Å². The van der Waals surface area contributed by atoms with Gasteiger partial charge in [0.2, 0.25) is 12.7 Å². The first-order valence-electron chi connectivity index (χ1n) is 9.60. The number of thioether (sulfide) groups is 1. The van der Waals surface area contributed by atoms with E-state index in [1.807, 2.05) is 24.5 Å². The average Bonchev–Trinajstić information content (AvgIpc) is 3.32. The first-order valence-corrected chi connectivity index (χ1v) is 11.0. The SMILES string of the molecule is CSCCC(C(=O)N(C)Cc1ccc2c(c1)OCO2)N1C(=O)c2ccccc2C1=O. The number of nitrogens with zero attached hydrogens (tertiary/aromatic N) is 2. The fourth-order valence-corrected chi connectivity index (χ4v) is 4.19. The molecule has 2 aliphatic rings. The van der Waals surface area contributed by atoms with Crippen molar-refractivity contribution >= 4 is 29.5 Å². The number of carbonyl (C=O) groups is 3. The highest BCUT2D eigenvalue weighted by Gasteiger charge is 2.43. The predicted molar refractivity (Wildman–Crippen MR) is 113 cm³/mol. The first kappa shape index (κ1) is 20.3. The van der Waals surface area contributed by atoms with Crippen LogP contribution in [0.3, 0.4) is 0 Å². The maximum absolute atomic E-state index is 13.3. The highest BCUT2D eigenvalue weighted by molar-refractivity contribution is 7.98. The summed E-state index contributed by atoms with van der Waals surface area (Å²) in [5, 5.41) is 0. The highest BCUT2D eigenvalue weighted by Crippen LogP contribution is 2.33. The minimum atomic E-state index is -0.844. The Morgan fingerprint density at radius 1 is 1.10 bits per heavy atom. The number of amides is 3. The molecule has 2 heterocycles. The Labute approximate surface area is 178 Å². The summed E-state index contributed by atoms with van der Waals surface area (Å²) in [4.78, 5) is 41.8. The molecule has 0 saturated heterocycles. The Morgan fingerprint density at radius 3 is 2.43 bits per heavy atom. The molecule has 2 aromatic carbocycles. The summed E-state index contributed by atoms with van der Waals surface area (Å²) in [6.45, 7) is 0.512. The quantitative estimate of drug-likeness (QED) is 0.634. The van der Waals surface area contributed by atoms with Gasteiger partial charge in [0.1, 0.15) is 6.04 Å². The lowest BCUT2D eigenvalue weighted by atomic mass is 10.1. The first-order chi connectivity index (χ1) is 14.5. The number of imide groups is 1. The Hall–Kier alpha value is -3.00. The molecule has 0 aromatic heterocycles. The number of fused-ring (bicyclic) bond motifs is 2. The van der Waals surface area contributed by atoms with Gasteiger partial charge in [-0.1, -0.05) is 18.2 Å². The molecule has 0 aliphatic carbocycles. The summed E-state index contributed by atoms with van der Waals surface area (Å²) in [7, 11) is 1.68. The van der Waals surface area contributed by atoms with Crippen LogP contribution in [-0.4, -0.2) is 59.4 Å². The number of hydrogen-bond donors (Lipinski definition) is 0. The van der Waals surface area contributed by atoms with Crippen LogP contribution in [-0.2, 0) is 11.3 Å². The second-order valence-electron chi connectivity index (χ2n) is 7.21. The van der Waals surface area contributed by atoms with Crippen LogP contribution in [0.2, 0.25) is 0 Å². The summed E-state index contributed by atoms with van der Waals surface area (Å²) < 4.78 is 10.7. The van der Waals surface area contributed by atoms with Crippen molar-refractivity contribution < 1.29 is 23.9 Å². The molecule has 2 aromatic rings. The van der Waals surface area contributed by atoms with Gasteiger partial charge in [0.15, 0.2) is 11.5 Å². The van der Waals surface area contributed by atoms with E-state index in [0.29, 0.717) is 41.3 Å². The zero-order valence-corrected chi connectivity index (χ0v) is 17.6. The summed E-state index contributed by atoms with van der Waals surface area (Å²) >= 11 is 1.57. The maximum Gasteiger partial charge on any atom is 0.262 e. The molecular formula is C22H22N2O5S. The zero-order valence-electron chi connectivity index (χ0n) is 16.8. The molecule has 156 valence electrons. The molecule has 0 radical (unpaired) electrons. The monoisotopic (exact) mass is 426 g/mol. The minimum absolute atomic E-state index is 0.185. The van der Waals surface area contributed by atoms with Gasteiger partial charge in [-0.3, -0.25) is 19.3 Å². The smallest absolute Gasteiger partial charge is 0.262 e. The summed E-state index contributed by atoms with van der Waals surface area (Å²) in [6.07, 6.45) is 2.33. The van der Waals surface area contributed by atoms with Gasteiger partial charge < -0.3 is 14.4 Å². The molecule has 0 N–H and O–H groups in total. The number of ether oxygens (including phenoxy) is 2. The molecular weight excluding hydrogens is 404 g/mol. The van der Waals surface area contributed by atoms with E-state index in [4.69, 9.17) is 9.47 Å². The Morgan fingerprint density at radius 2 is 1.77 bits per heavy atom. The summed E-state index contributed by atoms with van der Waals surface area (Å²) in [6, 6.07) is 11.4. The average molecular weight is 426 g/mol. The molecule has 0 spiro atoms. The largest absolute Gasteiger partial charge is 0.454 e. The molecule has 2 aliphatic heterocycles. The topological polar surface area (TPSA) is 76.2 Å². The van der Waals surface area contributed by atoms with Gasteiger partial charge in [-0.2, -0.15) is 11.8 Å². The van der Waals surface area contributed by atoms with E-state index in [9.17, 15) is 14.4 Å². The number of likely N-dealkylation sites (N-methyl/N-ethyl adjacent to an activating group) is 1. The normalized spacial score (nSPS) is 15.3. The van der Waals surface area contributed by atoms with Gasteiger partial charge in [0, 0.05) is 13.6 Å². The Bertz CT molecular complexity index is 974. The minimum Gasteiger partial charge on any atom is -0.454 e. The zero-order chi connectivity index (χ0) is 21.3. The van der Waals surface area contributed by atoms with E-state index in [1.165, 1.54) is 0 Å². The van der Waals surface area contributed by atoms with Crippen molar-refractivity contribution in [3.63, 3.8) is 0 Å². The summed E-state index contributed by atoms with van der Waals surface area (Å²) in [5.41, 5.74) is 1.58. The van der Waals surface area contributed by atoms with Crippen LogP contribution >= 0.6 is 11.8 Å². The maximum atomic E-state index is 13.3. The molecule has 1 unspecified atom stereocenters. The second-order valence-corrected chi connectivity index (χ2v) is 8.19. The number of hydrogen-bond acceptors (Lipinski definition) is 6. The van der Waals surface area contributed by atoms with Crippen LogP contribution < -0.4 is 9.47 Å². The van der Waals surface area contributed by atoms with Gasteiger partial charge in [-0.15, -0.1) is 0 Å². The summed E-state index contributed by atoms with van der Waals surface area (Å²) in [5.74, 6) is 0.889. The van der Waals surface area contributed by atoms with Gasteiger partial charge in [0.05, 0.1) is 11.1 Å². The van der Waals surface area contributed by atoms with Crippen LogP contribution in [0, 0.1) is 0 Å². The van der Waals surface area contributed by atoms with Crippen LogP contribution in [0.1, 0.15) is 32.7 Å². The van der Waals surface area contributed by atoms with Crippen molar-refractivity contribution in [1.82, 2.24) is 9.80 Å². The van der Waals surface area contributed by atoms with Gasteiger partial charge in [-0.05, 0) is 48.3 Å². The lowest BCUT2D eigenvalue weighted by Crippen LogP contribution is -2.50. The molecule has 1 atom stereocenters. The molecule has 0 fully saturated rings. The number of benzene rings is 2. The Kier molecular flexibility index (Phi) is 5.67. The molecule has 7 nitrogen and oxygen atoms in total. The molecule has 4 rings (SSSR count). The van der Waals surface area contributed by atoms with Crippen molar-refractivity contribution in [3.05, 3.63) is 59.2 Å². The van der Waals surface area contributed by atoms with Crippen molar-refractivity contribution in [2.45, 2.75) is 19.0 Å². The fourth-order valence-electron chi connectivity index (χ4n) is 3.73. The van der Waals surface area contributed by atoms with Gasteiger partial charge >= 0.3 is 0 Å². The third-order valence-corrected chi connectivity index (χ3v) is 5.89. The van der Waals surface area contributed by atoms with E-state index < -0.39 is 17.9 Å². The molecule has 0 bridgehead atoms. The van der Waals surface area contributed by atoms with Crippen LogP contribution in [0.15, 0.2) is 42.5 Å². The van der Waals surface area contributed by atoms with E-state index in [1.54, 1.807) is 48.0 Å². The van der Waals surface area contributed by atoms with E-state index in [2.05, 4.69) is 0 Å². The van der Waals surface area contributed by atoms with Crippen molar-refractivity contribution in [3.8, 4) is 11.5 Å². The van der Waals surface area contributed by atoms with E-state index in [-0.39, 0.29) is 12.7 Å². The number of carbonyl (C=O) groups excluding carboxylic acids is 3. The van der Waals surface area contributed by atoms with Crippen molar-refractivity contribution in [2.24, 2.45) is 0 Å².